The summed E-state index contributed by atoms with van der Waals surface area (Å²) in [5.74, 6) is 0.329. The zero-order chi connectivity index (χ0) is 4.41. The third kappa shape index (κ3) is 0.534. The highest BCUT2D eigenvalue weighted by molar-refractivity contribution is 5.88. The largest absolute Gasteiger partial charge is 0.306 e. The zero-order valence-corrected chi connectivity index (χ0v) is 3.61. The fourth-order valence-corrected chi connectivity index (χ4v) is 0.641. The van der Waals surface area contributed by atoms with Crippen LogP contribution >= 0.6 is 0 Å². The van der Waals surface area contributed by atoms with Crippen LogP contribution in [0.2, 0.25) is 0 Å². The number of hydrogen-bond acceptors (Lipinski definition) is 1. The number of ketones is 1. The number of Topliss-reactive ketones (excluding diaryl/α,β-unsaturated/α-hetero) is 1. The number of hydrogen-bond donors (Lipinski definition) is 0. The Morgan fingerprint density at radius 2 is 2.50 bits per heavy atom. The molecule has 0 bridgehead atoms. The number of carbonyl (C=O) groups is 1. The van der Waals surface area contributed by atoms with Gasteiger partial charge in [-0.1, -0.05) is 0 Å². The Kier molecular flexibility index (Phi) is 0.825. The minimum absolute atomic E-state index is 0.329. The van der Waals surface area contributed by atoms with Crippen molar-refractivity contribution in [1.82, 2.24) is 0 Å². The SMILES string of the molecule is O=C1[CH+]CCC1. The van der Waals surface area contributed by atoms with Crippen molar-refractivity contribution < 1.29 is 4.79 Å². The molecule has 0 amide bonds. The van der Waals surface area contributed by atoms with Gasteiger partial charge in [0.25, 0.3) is 0 Å². The quantitative estimate of drug-likeness (QED) is 0.398. The van der Waals surface area contributed by atoms with Crippen LogP contribution in [-0.4, -0.2) is 5.78 Å². The lowest BCUT2D eigenvalue weighted by atomic mass is 10.4. The van der Waals surface area contributed by atoms with Gasteiger partial charge in [-0.25, -0.2) is 4.79 Å². The zero-order valence-electron chi connectivity index (χ0n) is 3.61. The lowest BCUT2D eigenvalue weighted by Gasteiger charge is -1.60. The summed E-state index contributed by atoms with van der Waals surface area (Å²) < 4.78 is 0. The van der Waals surface area contributed by atoms with Crippen LogP contribution in [0.25, 0.3) is 0 Å². The first-order chi connectivity index (χ1) is 2.89. The Balaban J connectivity index is 2.37. The molecule has 1 saturated carbocycles. The minimum atomic E-state index is 0.329. The Hall–Kier alpha value is -0.460. The first-order valence-electron chi connectivity index (χ1n) is 2.25. The van der Waals surface area contributed by atoms with Crippen molar-refractivity contribution in [2.75, 3.05) is 0 Å². The van der Waals surface area contributed by atoms with Gasteiger partial charge in [-0.15, -0.1) is 0 Å². The molecule has 0 atom stereocenters. The Morgan fingerprint density at radius 1 is 1.67 bits per heavy atom. The predicted molar refractivity (Wildman–Crippen MR) is 23.2 cm³/mol. The molecule has 0 radical (unpaired) electrons. The molecule has 1 aliphatic carbocycles. The first-order valence-corrected chi connectivity index (χ1v) is 2.25. The van der Waals surface area contributed by atoms with Crippen molar-refractivity contribution in [3.05, 3.63) is 6.42 Å². The van der Waals surface area contributed by atoms with E-state index in [0.29, 0.717) is 5.78 Å². The molecule has 0 aromatic carbocycles. The van der Waals surface area contributed by atoms with E-state index < -0.39 is 0 Å². The normalized spacial score (nSPS) is 21.0. The third-order valence-corrected chi connectivity index (χ3v) is 0.999. The van der Waals surface area contributed by atoms with Gasteiger partial charge in [0.05, 0.1) is 12.8 Å². The maximum absolute atomic E-state index is 10.2. The van der Waals surface area contributed by atoms with E-state index in [0.717, 1.165) is 19.3 Å². The predicted octanol–water partition coefficient (Wildman–Crippen LogP) is 0.944. The molecular weight excluding hydrogens is 76.1 g/mol. The van der Waals surface area contributed by atoms with Crippen molar-refractivity contribution >= 4 is 5.78 Å². The molecule has 0 heterocycles. The molecule has 1 fully saturated rings. The van der Waals surface area contributed by atoms with Gasteiger partial charge < -0.3 is 0 Å². The average molecular weight is 83.1 g/mol. The Labute approximate surface area is 37.4 Å². The van der Waals surface area contributed by atoms with Crippen LogP contribution in [0.3, 0.4) is 0 Å². The van der Waals surface area contributed by atoms with E-state index in [-0.39, 0.29) is 0 Å². The fraction of sp³-hybridized carbons (Fsp3) is 0.600. The summed E-state index contributed by atoms with van der Waals surface area (Å²) in [6, 6.07) is 0. The van der Waals surface area contributed by atoms with E-state index in [9.17, 15) is 4.79 Å². The van der Waals surface area contributed by atoms with Gasteiger partial charge in [0.15, 0.2) is 0 Å². The molecule has 0 saturated heterocycles. The van der Waals surface area contributed by atoms with Crippen LogP contribution in [0, 0.1) is 6.42 Å². The van der Waals surface area contributed by atoms with Gasteiger partial charge in [0, 0.05) is 0 Å². The highest BCUT2D eigenvalue weighted by atomic mass is 16.1. The second kappa shape index (κ2) is 1.33. The van der Waals surface area contributed by atoms with Gasteiger partial charge in [-0.05, 0) is 6.42 Å². The third-order valence-electron chi connectivity index (χ3n) is 0.999. The second-order valence-corrected chi connectivity index (χ2v) is 1.56. The molecule has 6 heavy (non-hydrogen) atoms. The number of carbonyl (C=O) groups excluding carboxylic acids is 1. The van der Waals surface area contributed by atoms with Crippen molar-refractivity contribution in [1.29, 1.82) is 0 Å². The van der Waals surface area contributed by atoms with Crippen LogP contribution in [0.5, 0.6) is 0 Å². The van der Waals surface area contributed by atoms with Crippen LogP contribution in [-0.2, 0) is 4.79 Å². The van der Waals surface area contributed by atoms with E-state index in [4.69, 9.17) is 0 Å². The molecule has 32 valence electrons. The van der Waals surface area contributed by atoms with Crippen molar-refractivity contribution in [2.24, 2.45) is 0 Å². The Bertz CT molecular complexity index is 58.3. The van der Waals surface area contributed by atoms with Crippen LogP contribution < -0.4 is 0 Å². The smallest absolute Gasteiger partial charge is 0.244 e. The van der Waals surface area contributed by atoms with Crippen LogP contribution in [0.1, 0.15) is 19.3 Å². The average Bonchev–Trinajstić information content (AvgIpc) is 1.86. The van der Waals surface area contributed by atoms with Crippen LogP contribution in [0.15, 0.2) is 0 Å². The molecule has 1 aliphatic rings. The molecule has 0 unspecified atom stereocenters. The first kappa shape index (κ1) is 3.72. The topological polar surface area (TPSA) is 17.1 Å². The van der Waals surface area contributed by atoms with E-state index in [1.165, 1.54) is 0 Å². The lowest BCUT2D eigenvalue weighted by molar-refractivity contribution is -0.114. The highest BCUT2D eigenvalue weighted by Crippen LogP contribution is 2.10. The summed E-state index contributed by atoms with van der Waals surface area (Å²) in [6.45, 7) is 0. The van der Waals surface area contributed by atoms with Crippen molar-refractivity contribution in [3.8, 4) is 0 Å². The summed E-state index contributed by atoms with van der Waals surface area (Å²) in [5, 5.41) is 0. The summed E-state index contributed by atoms with van der Waals surface area (Å²) >= 11 is 0. The van der Waals surface area contributed by atoms with E-state index in [1.807, 2.05) is 0 Å². The van der Waals surface area contributed by atoms with E-state index in [2.05, 4.69) is 0 Å². The maximum atomic E-state index is 10.2. The van der Waals surface area contributed by atoms with Crippen LogP contribution in [0.4, 0.5) is 0 Å². The molecular formula is C5H7O+. The van der Waals surface area contributed by atoms with E-state index >= 15 is 0 Å². The highest BCUT2D eigenvalue weighted by Gasteiger charge is 2.19. The Morgan fingerprint density at radius 3 is 2.67 bits per heavy atom. The van der Waals surface area contributed by atoms with Crippen molar-refractivity contribution in [3.63, 3.8) is 0 Å². The summed E-state index contributed by atoms with van der Waals surface area (Å²) in [4.78, 5) is 10.2. The van der Waals surface area contributed by atoms with Gasteiger partial charge in [-0.2, -0.15) is 0 Å². The molecule has 1 rings (SSSR count). The standard InChI is InChI=1S/C5H7O/c6-5-3-1-2-4-5/h3H,1-2,4H2/q+1. The van der Waals surface area contributed by atoms with Gasteiger partial charge >= 0.3 is 5.78 Å². The fourth-order valence-electron chi connectivity index (χ4n) is 0.641. The van der Waals surface area contributed by atoms with Gasteiger partial charge in [0.1, 0.15) is 6.42 Å². The van der Waals surface area contributed by atoms with Gasteiger partial charge in [-0.3, -0.25) is 0 Å². The lowest BCUT2D eigenvalue weighted by Crippen LogP contribution is -1.83. The second-order valence-electron chi connectivity index (χ2n) is 1.56. The minimum Gasteiger partial charge on any atom is -0.244 e. The van der Waals surface area contributed by atoms with Gasteiger partial charge in [0.2, 0.25) is 0 Å². The molecule has 1 heteroatoms. The molecule has 0 aromatic heterocycles. The maximum Gasteiger partial charge on any atom is 0.306 e. The summed E-state index contributed by atoms with van der Waals surface area (Å²) in [6.07, 6.45) is 4.65. The summed E-state index contributed by atoms with van der Waals surface area (Å²) in [7, 11) is 0. The molecule has 1 nitrogen and oxygen atoms in total. The molecule has 0 spiro atoms. The van der Waals surface area contributed by atoms with E-state index in [1.54, 1.807) is 6.42 Å². The summed E-state index contributed by atoms with van der Waals surface area (Å²) in [5.41, 5.74) is 0. The number of rotatable bonds is 0. The monoisotopic (exact) mass is 83.0 g/mol. The molecule has 0 aromatic rings. The molecule has 0 aliphatic heterocycles. The van der Waals surface area contributed by atoms with Crippen molar-refractivity contribution in [2.45, 2.75) is 19.3 Å². The molecule has 0 N–H and O–H groups in total.